The summed E-state index contributed by atoms with van der Waals surface area (Å²) >= 11 is 0. The Labute approximate surface area is 105 Å². The molecule has 17 heavy (non-hydrogen) atoms. The van der Waals surface area contributed by atoms with Gasteiger partial charge in [-0.05, 0) is 25.7 Å². The molecule has 1 aliphatic carbocycles. The second kappa shape index (κ2) is 7.83. The summed E-state index contributed by atoms with van der Waals surface area (Å²) in [6.07, 6.45) is 6.07. The molecule has 0 saturated heterocycles. The zero-order valence-electron chi connectivity index (χ0n) is 11.2. The number of hydrogen-bond acceptors (Lipinski definition) is 3. The van der Waals surface area contributed by atoms with Crippen molar-refractivity contribution in [1.29, 1.82) is 0 Å². The number of unbranched alkanes of at least 4 members (excludes halogenated alkanes) is 2. The zero-order valence-corrected chi connectivity index (χ0v) is 11.2. The summed E-state index contributed by atoms with van der Waals surface area (Å²) in [6.45, 7) is 4.58. The molecule has 0 bridgehead atoms. The highest BCUT2D eigenvalue weighted by atomic mass is 16.6. The number of rotatable bonds is 8. The number of Topliss-reactive ketones (excluding diaryl/α,β-unsaturated/α-hetero) is 1. The molecular weight excluding hydrogens is 216 g/mol. The predicted molar refractivity (Wildman–Crippen MR) is 67.6 cm³/mol. The third kappa shape index (κ3) is 4.76. The van der Waals surface area contributed by atoms with Crippen molar-refractivity contribution in [1.82, 2.24) is 0 Å². The lowest BCUT2D eigenvalue weighted by Crippen LogP contribution is -2.22. The Balaban J connectivity index is 2.38. The predicted octanol–water partition coefficient (Wildman–Crippen LogP) is 2.91. The minimum Gasteiger partial charge on any atom is -0.368 e. The van der Waals surface area contributed by atoms with E-state index in [4.69, 9.17) is 4.74 Å². The highest BCUT2D eigenvalue weighted by molar-refractivity contribution is 5.83. The van der Waals surface area contributed by atoms with E-state index in [9.17, 15) is 9.90 Å². The molecule has 0 aromatic carbocycles. The lowest BCUT2D eigenvalue weighted by molar-refractivity contribution is -0.124. The summed E-state index contributed by atoms with van der Waals surface area (Å²) in [6, 6.07) is 0. The monoisotopic (exact) mass is 242 g/mol. The summed E-state index contributed by atoms with van der Waals surface area (Å²) < 4.78 is 5.16. The van der Waals surface area contributed by atoms with Crippen LogP contribution < -0.4 is 0 Å². The van der Waals surface area contributed by atoms with Crippen molar-refractivity contribution < 1.29 is 14.6 Å². The van der Waals surface area contributed by atoms with Gasteiger partial charge in [0.05, 0.1) is 0 Å². The first-order valence-corrected chi connectivity index (χ1v) is 7.01. The molecule has 0 amide bonds. The number of carbonyl (C=O) groups is 1. The third-order valence-electron chi connectivity index (χ3n) is 3.73. The van der Waals surface area contributed by atoms with Gasteiger partial charge in [-0.2, -0.15) is 0 Å². The Hall–Kier alpha value is -0.410. The molecular formula is C14H26O3. The molecule has 1 saturated carbocycles. The van der Waals surface area contributed by atoms with Gasteiger partial charge in [0, 0.05) is 25.4 Å². The first-order chi connectivity index (χ1) is 8.19. The number of carbonyl (C=O) groups excluding carboxylic acids is 1. The van der Waals surface area contributed by atoms with Crippen LogP contribution in [0.3, 0.4) is 0 Å². The Morgan fingerprint density at radius 1 is 1.41 bits per heavy atom. The first-order valence-electron chi connectivity index (χ1n) is 7.01. The number of hydrogen-bond donors (Lipinski definition) is 1. The van der Waals surface area contributed by atoms with Gasteiger partial charge < -0.3 is 9.84 Å². The molecule has 0 heterocycles. The Morgan fingerprint density at radius 2 is 2.18 bits per heavy atom. The van der Waals surface area contributed by atoms with Crippen LogP contribution in [0.4, 0.5) is 0 Å². The van der Waals surface area contributed by atoms with Crippen molar-refractivity contribution in [3.63, 3.8) is 0 Å². The van der Waals surface area contributed by atoms with E-state index in [0.29, 0.717) is 31.1 Å². The first kappa shape index (κ1) is 14.7. The largest absolute Gasteiger partial charge is 0.368 e. The quantitative estimate of drug-likeness (QED) is 0.526. The molecule has 3 atom stereocenters. The maximum atomic E-state index is 11.8. The summed E-state index contributed by atoms with van der Waals surface area (Å²) in [7, 11) is 0. The maximum absolute atomic E-state index is 11.8. The van der Waals surface area contributed by atoms with Gasteiger partial charge in [-0.3, -0.25) is 4.79 Å². The molecule has 1 rings (SSSR count). The van der Waals surface area contributed by atoms with E-state index in [-0.39, 0.29) is 5.92 Å². The van der Waals surface area contributed by atoms with E-state index in [1.807, 2.05) is 6.92 Å². The Kier molecular flexibility index (Phi) is 6.75. The molecule has 3 nitrogen and oxygen atoms in total. The highest BCUT2D eigenvalue weighted by Gasteiger charge is 2.35. The molecule has 0 aliphatic heterocycles. The Morgan fingerprint density at radius 3 is 2.82 bits per heavy atom. The molecule has 1 aliphatic rings. The summed E-state index contributed by atoms with van der Waals surface area (Å²) in [5, 5.41) is 9.65. The zero-order chi connectivity index (χ0) is 12.7. The minimum atomic E-state index is -0.690. The van der Waals surface area contributed by atoms with Crippen molar-refractivity contribution in [2.24, 2.45) is 11.8 Å². The van der Waals surface area contributed by atoms with Gasteiger partial charge in [-0.25, -0.2) is 0 Å². The van der Waals surface area contributed by atoms with Gasteiger partial charge in [0.1, 0.15) is 5.78 Å². The van der Waals surface area contributed by atoms with Gasteiger partial charge in [-0.15, -0.1) is 0 Å². The molecule has 0 radical (unpaired) electrons. The van der Waals surface area contributed by atoms with Crippen LogP contribution in [0.2, 0.25) is 0 Å². The molecule has 100 valence electrons. The normalized spacial score (nSPS) is 26.4. The number of ketones is 1. The van der Waals surface area contributed by atoms with Crippen LogP contribution >= 0.6 is 0 Å². The fraction of sp³-hybridized carbons (Fsp3) is 0.929. The van der Waals surface area contributed by atoms with Crippen LogP contribution in [0.25, 0.3) is 0 Å². The molecule has 0 aromatic heterocycles. The lowest BCUT2D eigenvalue weighted by atomic mass is 9.88. The van der Waals surface area contributed by atoms with Crippen molar-refractivity contribution in [2.45, 2.75) is 65.1 Å². The molecule has 3 unspecified atom stereocenters. The van der Waals surface area contributed by atoms with E-state index >= 15 is 0 Å². The molecule has 1 fully saturated rings. The maximum Gasteiger partial charge on any atom is 0.154 e. The average Bonchev–Trinajstić information content (AvgIpc) is 2.62. The van der Waals surface area contributed by atoms with Crippen LogP contribution in [0, 0.1) is 11.8 Å². The summed E-state index contributed by atoms with van der Waals surface area (Å²) in [5.74, 6) is 0.910. The van der Waals surface area contributed by atoms with E-state index in [1.165, 1.54) is 12.8 Å². The van der Waals surface area contributed by atoms with E-state index < -0.39 is 6.29 Å². The van der Waals surface area contributed by atoms with E-state index in [2.05, 4.69) is 6.92 Å². The van der Waals surface area contributed by atoms with Crippen LogP contribution in [-0.4, -0.2) is 23.8 Å². The molecule has 3 heteroatoms. The highest BCUT2D eigenvalue weighted by Crippen LogP contribution is 2.35. The second-order valence-corrected chi connectivity index (χ2v) is 5.01. The fourth-order valence-electron chi connectivity index (χ4n) is 2.79. The second-order valence-electron chi connectivity index (χ2n) is 5.01. The SMILES string of the molecule is CCCCCC1C(=O)CCC1CC(O)OCC. The van der Waals surface area contributed by atoms with Crippen molar-refractivity contribution in [3.05, 3.63) is 0 Å². The van der Waals surface area contributed by atoms with Crippen molar-refractivity contribution >= 4 is 5.78 Å². The van der Waals surface area contributed by atoms with E-state index in [1.54, 1.807) is 0 Å². The van der Waals surface area contributed by atoms with E-state index in [0.717, 1.165) is 19.3 Å². The Bertz CT molecular complexity index is 228. The van der Waals surface area contributed by atoms with Crippen LogP contribution in [0.1, 0.15) is 58.8 Å². The molecule has 0 spiro atoms. The summed E-state index contributed by atoms with van der Waals surface area (Å²) in [5.41, 5.74) is 0. The number of aliphatic hydroxyl groups excluding tert-OH is 1. The fourth-order valence-corrected chi connectivity index (χ4v) is 2.79. The molecule has 0 aromatic rings. The third-order valence-corrected chi connectivity index (χ3v) is 3.73. The molecule has 1 N–H and O–H groups in total. The van der Waals surface area contributed by atoms with Gasteiger partial charge in [0.25, 0.3) is 0 Å². The topological polar surface area (TPSA) is 46.5 Å². The van der Waals surface area contributed by atoms with Crippen LogP contribution in [0.15, 0.2) is 0 Å². The average molecular weight is 242 g/mol. The number of aliphatic hydroxyl groups is 1. The van der Waals surface area contributed by atoms with Gasteiger partial charge in [-0.1, -0.05) is 26.2 Å². The van der Waals surface area contributed by atoms with Gasteiger partial charge in [0.2, 0.25) is 0 Å². The minimum absolute atomic E-state index is 0.177. The lowest BCUT2D eigenvalue weighted by Gasteiger charge is -2.21. The summed E-state index contributed by atoms with van der Waals surface area (Å²) in [4.78, 5) is 11.8. The standard InChI is InChI=1S/C14H26O3/c1-3-5-6-7-12-11(8-9-13(12)15)10-14(16)17-4-2/h11-12,14,16H,3-10H2,1-2H3. The van der Waals surface area contributed by atoms with Crippen molar-refractivity contribution in [2.75, 3.05) is 6.61 Å². The van der Waals surface area contributed by atoms with Crippen molar-refractivity contribution in [3.8, 4) is 0 Å². The smallest absolute Gasteiger partial charge is 0.154 e. The number of ether oxygens (including phenoxy) is 1. The van der Waals surface area contributed by atoms with Gasteiger partial charge >= 0.3 is 0 Å². The van der Waals surface area contributed by atoms with Crippen LogP contribution in [-0.2, 0) is 9.53 Å². The van der Waals surface area contributed by atoms with Crippen LogP contribution in [0.5, 0.6) is 0 Å². The van der Waals surface area contributed by atoms with Gasteiger partial charge in [0.15, 0.2) is 6.29 Å².